The monoisotopic (exact) mass is 250 g/mol. The molecule has 1 aromatic heterocycles. The van der Waals surface area contributed by atoms with E-state index in [0.717, 1.165) is 5.01 Å². The molecule has 0 radical (unpaired) electrons. The Kier molecular flexibility index (Phi) is 4.18. The molecule has 0 fully saturated rings. The van der Waals surface area contributed by atoms with Gasteiger partial charge in [0.25, 0.3) is 0 Å². The van der Waals surface area contributed by atoms with Gasteiger partial charge in [0.15, 0.2) is 5.75 Å². The van der Waals surface area contributed by atoms with Crippen LogP contribution in [0.1, 0.15) is 5.01 Å². The average Bonchev–Trinajstić information content (AvgIpc) is 2.53. The number of nitrogens with zero attached hydrogens (tertiary/aromatic N) is 1. The second-order valence-corrected chi connectivity index (χ2v) is 5.51. The third-order valence-electron chi connectivity index (χ3n) is 1.46. The van der Waals surface area contributed by atoms with Crippen LogP contribution in [0.4, 0.5) is 0 Å². The summed E-state index contributed by atoms with van der Waals surface area (Å²) in [5.41, 5.74) is 0. The second kappa shape index (κ2) is 5.19. The zero-order valence-electron chi connectivity index (χ0n) is 7.71. The van der Waals surface area contributed by atoms with Gasteiger partial charge >= 0.3 is 5.97 Å². The number of nitrogens with one attached hydrogen (secondary N) is 1. The third-order valence-corrected chi connectivity index (χ3v) is 3.57. The number of hydrogen-bond acceptors (Lipinski definition) is 5. The summed E-state index contributed by atoms with van der Waals surface area (Å²) in [6.45, 7) is 0.170. The molecule has 0 aliphatic carbocycles. The highest BCUT2D eigenvalue weighted by molar-refractivity contribution is 7.90. The van der Waals surface area contributed by atoms with Gasteiger partial charge in [-0.2, -0.15) is 0 Å². The molecule has 2 N–H and O–H groups in total. The molecule has 1 rings (SSSR count). The van der Waals surface area contributed by atoms with Gasteiger partial charge in [0, 0.05) is 24.5 Å². The Morgan fingerprint density at radius 2 is 2.33 bits per heavy atom. The van der Waals surface area contributed by atoms with E-state index >= 15 is 0 Å². The number of hydrogen-bond donors (Lipinski definition) is 2. The first-order valence-electron chi connectivity index (χ1n) is 4.07. The Balaban J connectivity index is 2.34. The maximum Gasteiger partial charge on any atom is 0.320 e. The average molecular weight is 250 g/mol. The number of carbonyl (C=O) groups is 1. The quantitative estimate of drug-likeness (QED) is 0.722. The van der Waals surface area contributed by atoms with Gasteiger partial charge in [-0.25, -0.2) is 18.1 Å². The minimum absolute atomic E-state index is 0.170. The predicted octanol–water partition coefficient (Wildman–Crippen LogP) is -0.310. The SMILES string of the molecule is O=C(O)CS(=O)(=O)NCCc1nccs1. The number of carboxylic acids is 1. The van der Waals surface area contributed by atoms with Crippen molar-refractivity contribution in [1.82, 2.24) is 9.71 Å². The first-order chi connectivity index (χ1) is 6.99. The number of thiazole rings is 1. The Morgan fingerprint density at radius 1 is 1.60 bits per heavy atom. The van der Waals surface area contributed by atoms with Crippen molar-refractivity contribution in [2.24, 2.45) is 0 Å². The van der Waals surface area contributed by atoms with E-state index in [1.807, 2.05) is 0 Å². The van der Waals surface area contributed by atoms with E-state index in [-0.39, 0.29) is 6.54 Å². The lowest BCUT2D eigenvalue weighted by molar-refractivity contribution is -0.134. The summed E-state index contributed by atoms with van der Waals surface area (Å²) >= 11 is 1.43. The molecule has 0 atom stereocenters. The first-order valence-corrected chi connectivity index (χ1v) is 6.60. The number of sulfonamides is 1. The molecule has 0 aromatic carbocycles. The highest BCUT2D eigenvalue weighted by Crippen LogP contribution is 2.03. The summed E-state index contributed by atoms with van der Waals surface area (Å²) < 4.78 is 24.3. The molecule has 8 heteroatoms. The van der Waals surface area contributed by atoms with E-state index < -0.39 is 21.7 Å². The van der Waals surface area contributed by atoms with E-state index in [9.17, 15) is 13.2 Å². The molecule has 15 heavy (non-hydrogen) atoms. The molecule has 84 valence electrons. The van der Waals surface area contributed by atoms with Crippen molar-refractivity contribution >= 4 is 27.3 Å². The highest BCUT2D eigenvalue weighted by Gasteiger charge is 2.14. The molecule has 0 amide bonds. The smallest absolute Gasteiger partial charge is 0.320 e. The van der Waals surface area contributed by atoms with Gasteiger partial charge in [-0.1, -0.05) is 0 Å². The number of carboxylic acid groups (broad SMARTS) is 1. The van der Waals surface area contributed by atoms with E-state index in [4.69, 9.17) is 5.11 Å². The number of aromatic nitrogens is 1. The van der Waals surface area contributed by atoms with Crippen LogP contribution >= 0.6 is 11.3 Å². The van der Waals surface area contributed by atoms with Gasteiger partial charge in [0.05, 0.1) is 5.01 Å². The minimum Gasteiger partial charge on any atom is -0.480 e. The van der Waals surface area contributed by atoms with Gasteiger partial charge < -0.3 is 5.11 Å². The van der Waals surface area contributed by atoms with E-state index in [1.54, 1.807) is 11.6 Å². The zero-order valence-corrected chi connectivity index (χ0v) is 9.34. The van der Waals surface area contributed by atoms with Crippen molar-refractivity contribution in [2.75, 3.05) is 12.3 Å². The van der Waals surface area contributed by atoms with Crippen LogP contribution in [-0.4, -0.2) is 36.8 Å². The predicted molar refractivity (Wildman–Crippen MR) is 55.2 cm³/mol. The normalized spacial score (nSPS) is 11.5. The molecule has 0 unspecified atom stereocenters. The summed E-state index contributed by atoms with van der Waals surface area (Å²) in [6.07, 6.45) is 2.10. The van der Waals surface area contributed by atoms with Gasteiger partial charge in [-0.3, -0.25) is 4.79 Å². The third kappa shape index (κ3) is 4.86. The lowest BCUT2D eigenvalue weighted by Crippen LogP contribution is -2.31. The minimum atomic E-state index is -3.71. The first kappa shape index (κ1) is 12.1. The molecule has 0 aliphatic heterocycles. The van der Waals surface area contributed by atoms with Crippen LogP contribution in [0.2, 0.25) is 0 Å². The lowest BCUT2D eigenvalue weighted by atomic mass is 10.5. The summed E-state index contributed by atoms with van der Waals surface area (Å²) in [5, 5.41) is 10.9. The molecular weight excluding hydrogens is 240 g/mol. The molecular formula is C7H10N2O4S2. The van der Waals surface area contributed by atoms with Crippen LogP contribution in [0.15, 0.2) is 11.6 Å². The molecule has 0 spiro atoms. The topological polar surface area (TPSA) is 96.4 Å². The van der Waals surface area contributed by atoms with Gasteiger partial charge in [0.1, 0.15) is 0 Å². The summed E-state index contributed by atoms with van der Waals surface area (Å²) in [4.78, 5) is 14.1. The van der Waals surface area contributed by atoms with Gasteiger partial charge in [-0.05, 0) is 0 Å². The van der Waals surface area contributed by atoms with Crippen molar-refractivity contribution in [3.63, 3.8) is 0 Å². The molecule has 0 bridgehead atoms. The Bertz CT molecular complexity index is 412. The molecule has 0 saturated heterocycles. The lowest BCUT2D eigenvalue weighted by Gasteiger charge is -2.02. The van der Waals surface area contributed by atoms with Crippen LogP contribution in [-0.2, 0) is 21.2 Å². The van der Waals surface area contributed by atoms with Gasteiger partial charge in [0.2, 0.25) is 10.0 Å². The van der Waals surface area contributed by atoms with Gasteiger partial charge in [-0.15, -0.1) is 11.3 Å². The number of aliphatic carboxylic acids is 1. The fourth-order valence-corrected chi connectivity index (χ4v) is 2.36. The maximum absolute atomic E-state index is 11.1. The Labute approximate surface area is 91.0 Å². The summed E-state index contributed by atoms with van der Waals surface area (Å²) in [6, 6.07) is 0. The van der Waals surface area contributed by atoms with Crippen molar-refractivity contribution in [2.45, 2.75) is 6.42 Å². The Morgan fingerprint density at radius 3 is 2.87 bits per heavy atom. The molecule has 1 heterocycles. The zero-order chi connectivity index (χ0) is 11.3. The van der Waals surface area contributed by atoms with Crippen LogP contribution in [0.5, 0.6) is 0 Å². The largest absolute Gasteiger partial charge is 0.480 e. The number of rotatable bonds is 6. The van der Waals surface area contributed by atoms with E-state index in [0.29, 0.717) is 6.42 Å². The fourth-order valence-electron chi connectivity index (χ4n) is 0.903. The van der Waals surface area contributed by atoms with Crippen molar-refractivity contribution in [3.8, 4) is 0 Å². The van der Waals surface area contributed by atoms with Crippen LogP contribution in [0, 0.1) is 0 Å². The van der Waals surface area contributed by atoms with Crippen molar-refractivity contribution < 1.29 is 18.3 Å². The molecule has 6 nitrogen and oxygen atoms in total. The van der Waals surface area contributed by atoms with E-state index in [2.05, 4.69) is 9.71 Å². The van der Waals surface area contributed by atoms with Crippen molar-refractivity contribution in [3.05, 3.63) is 16.6 Å². The van der Waals surface area contributed by atoms with Crippen LogP contribution in [0.3, 0.4) is 0 Å². The molecule has 0 aliphatic rings. The summed E-state index contributed by atoms with van der Waals surface area (Å²) in [5.74, 6) is -2.26. The maximum atomic E-state index is 11.1. The van der Waals surface area contributed by atoms with Crippen molar-refractivity contribution in [1.29, 1.82) is 0 Å². The van der Waals surface area contributed by atoms with Crippen LogP contribution in [0.25, 0.3) is 0 Å². The Hall–Kier alpha value is -0.990. The van der Waals surface area contributed by atoms with Crippen LogP contribution < -0.4 is 4.72 Å². The molecule has 1 aromatic rings. The highest BCUT2D eigenvalue weighted by atomic mass is 32.2. The van der Waals surface area contributed by atoms with E-state index in [1.165, 1.54) is 11.3 Å². The fraction of sp³-hybridized carbons (Fsp3) is 0.429. The standard InChI is InChI=1S/C7H10N2O4S2/c10-7(11)5-15(12,13)9-2-1-6-8-3-4-14-6/h3-4,9H,1-2,5H2,(H,10,11). The molecule has 0 saturated carbocycles. The second-order valence-electron chi connectivity index (χ2n) is 2.72. The summed E-state index contributed by atoms with van der Waals surface area (Å²) in [7, 11) is -3.71.